The van der Waals surface area contributed by atoms with Crippen LogP contribution in [0, 0.1) is 18.7 Å². The molecule has 2 amide bonds. The molecule has 2 rings (SSSR count). The van der Waals surface area contributed by atoms with Gasteiger partial charge in [0.05, 0.1) is 0 Å². The van der Waals surface area contributed by atoms with Crippen molar-refractivity contribution in [3.63, 3.8) is 0 Å². The molecule has 104 valence electrons. The lowest BCUT2D eigenvalue weighted by molar-refractivity contribution is 0.239. The van der Waals surface area contributed by atoms with Crippen molar-refractivity contribution in [2.24, 2.45) is 5.92 Å². The van der Waals surface area contributed by atoms with Crippen LogP contribution in [0.15, 0.2) is 18.2 Å². The number of aryl methyl sites for hydroxylation is 1. The smallest absolute Gasteiger partial charge is 0.319 e. The first-order chi connectivity index (χ1) is 9.04. The molecule has 19 heavy (non-hydrogen) atoms. The van der Waals surface area contributed by atoms with Gasteiger partial charge < -0.3 is 10.6 Å². The lowest BCUT2D eigenvalue weighted by Crippen LogP contribution is -2.39. The fourth-order valence-electron chi connectivity index (χ4n) is 2.43. The van der Waals surface area contributed by atoms with Crippen LogP contribution in [0.3, 0.4) is 0 Å². The number of halogens is 1. The minimum Gasteiger partial charge on any atom is -0.335 e. The van der Waals surface area contributed by atoms with Crippen LogP contribution < -0.4 is 10.6 Å². The first-order valence-corrected chi connectivity index (χ1v) is 6.88. The maximum atomic E-state index is 13.4. The van der Waals surface area contributed by atoms with Crippen LogP contribution in [0.5, 0.6) is 0 Å². The van der Waals surface area contributed by atoms with E-state index in [4.69, 9.17) is 0 Å². The van der Waals surface area contributed by atoms with Gasteiger partial charge in [0.25, 0.3) is 0 Å². The van der Waals surface area contributed by atoms with Crippen molar-refractivity contribution >= 4 is 11.7 Å². The van der Waals surface area contributed by atoms with E-state index in [0.717, 1.165) is 31.6 Å². The summed E-state index contributed by atoms with van der Waals surface area (Å²) >= 11 is 0. The van der Waals surface area contributed by atoms with Crippen LogP contribution in [-0.2, 0) is 0 Å². The van der Waals surface area contributed by atoms with Gasteiger partial charge >= 0.3 is 6.03 Å². The summed E-state index contributed by atoms with van der Waals surface area (Å²) in [5.41, 5.74) is 1.07. The average Bonchev–Trinajstić information content (AvgIpc) is 2.37. The minimum atomic E-state index is -0.302. The Hall–Kier alpha value is -1.58. The molecule has 0 saturated heterocycles. The highest BCUT2D eigenvalue weighted by Gasteiger charge is 2.19. The second-order valence-corrected chi connectivity index (χ2v) is 5.52. The Morgan fingerprint density at radius 2 is 1.95 bits per heavy atom. The summed E-state index contributed by atoms with van der Waals surface area (Å²) in [6.45, 7) is 3.94. The third kappa shape index (κ3) is 3.94. The number of nitrogens with one attached hydrogen (secondary N) is 2. The Kier molecular flexibility index (Phi) is 4.40. The highest BCUT2D eigenvalue weighted by Crippen LogP contribution is 2.23. The summed E-state index contributed by atoms with van der Waals surface area (Å²) in [4.78, 5) is 11.8. The zero-order chi connectivity index (χ0) is 13.8. The number of rotatable bonds is 2. The molecule has 0 heterocycles. The fourth-order valence-corrected chi connectivity index (χ4v) is 2.43. The van der Waals surface area contributed by atoms with Crippen LogP contribution in [0.25, 0.3) is 0 Å². The normalized spacial score (nSPS) is 22.9. The summed E-state index contributed by atoms with van der Waals surface area (Å²) < 4.78 is 13.4. The number of hydrogen-bond acceptors (Lipinski definition) is 1. The van der Waals surface area contributed by atoms with E-state index in [0.29, 0.717) is 11.3 Å². The SMILES string of the molecule is Cc1ccc(NC(=O)NC2CCC(C)CC2)cc1F. The lowest BCUT2D eigenvalue weighted by atomic mass is 9.87. The summed E-state index contributed by atoms with van der Waals surface area (Å²) in [5, 5.41) is 5.63. The first kappa shape index (κ1) is 13.8. The molecule has 0 atom stereocenters. The number of urea groups is 1. The van der Waals surface area contributed by atoms with Crippen molar-refractivity contribution in [1.82, 2.24) is 5.32 Å². The van der Waals surface area contributed by atoms with E-state index in [-0.39, 0.29) is 17.9 Å². The summed E-state index contributed by atoms with van der Waals surface area (Å²) in [6, 6.07) is 4.71. The van der Waals surface area contributed by atoms with Gasteiger partial charge in [-0.1, -0.05) is 13.0 Å². The number of hydrogen-bond donors (Lipinski definition) is 2. The first-order valence-electron chi connectivity index (χ1n) is 6.88. The van der Waals surface area contributed by atoms with Gasteiger partial charge in [0.2, 0.25) is 0 Å². The summed E-state index contributed by atoms with van der Waals surface area (Å²) in [7, 11) is 0. The quantitative estimate of drug-likeness (QED) is 0.837. The van der Waals surface area contributed by atoms with Crippen LogP contribution in [0.2, 0.25) is 0 Å². The highest BCUT2D eigenvalue weighted by molar-refractivity contribution is 5.89. The molecule has 1 fully saturated rings. The molecular weight excluding hydrogens is 243 g/mol. The Bertz CT molecular complexity index is 453. The number of anilines is 1. The second kappa shape index (κ2) is 6.04. The monoisotopic (exact) mass is 264 g/mol. The largest absolute Gasteiger partial charge is 0.335 e. The molecule has 1 aliphatic rings. The van der Waals surface area contributed by atoms with E-state index < -0.39 is 0 Å². The molecule has 0 spiro atoms. The van der Waals surface area contributed by atoms with E-state index in [1.807, 2.05) is 0 Å². The van der Waals surface area contributed by atoms with Gasteiger partial charge in [-0.05, 0) is 56.2 Å². The molecule has 2 N–H and O–H groups in total. The Balaban J connectivity index is 1.85. The molecule has 1 aromatic carbocycles. The highest BCUT2D eigenvalue weighted by atomic mass is 19.1. The van der Waals surface area contributed by atoms with Crippen LogP contribution in [0.1, 0.15) is 38.2 Å². The standard InChI is InChI=1S/C15H21FN2O/c1-10-3-6-12(7-4-10)17-15(19)18-13-8-5-11(2)14(16)9-13/h5,8-10,12H,3-4,6-7H2,1-2H3,(H2,17,18,19). The summed E-state index contributed by atoms with van der Waals surface area (Å²) in [6.07, 6.45) is 4.36. The Morgan fingerprint density at radius 1 is 1.26 bits per heavy atom. The van der Waals surface area contributed by atoms with Crippen molar-refractivity contribution in [1.29, 1.82) is 0 Å². The zero-order valence-corrected chi connectivity index (χ0v) is 11.5. The predicted molar refractivity (Wildman–Crippen MR) is 74.7 cm³/mol. The molecule has 0 unspecified atom stereocenters. The van der Waals surface area contributed by atoms with Gasteiger partial charge in [-0.2, -0.15) is 0 Å². The predicted octanol–water partition coefficient (Wildman–Crippen LogP) is 3.83. The van der Waals surface area contributed by atoms with Crippen molar-refractivity contribution in [3.05, 3.63) is 29.6 Å². The molecular formula is C15H21FN2O. The maximum absolute atomic E-state index is 13.4. The number of carbonyl (C=O) groups is 1. The van der Waals surface area contributed by atoms with Gasteiger partial charge in [-0.25, -0.2) is 9.18 Å². The van der Waals surface area contributed by atoms with Gasteiger partial charge in [-0.3, -0.25) is 0 Å². The summed E-state index contributed by atoms with van der Waals surface area (Å²) in [5.74, 6) is 0.455. The van der Waals surface area contributed by atoms with Crippen LogP contribution in [-0.4, -0.2) is 12.1 Å². The van der Waals surface area contributed by atoms with Crippen molar-refractivity contribution in [2.75, 3.05) is 5.32 Å². The zero-order valence-electron chi connectivity index (χ0n) is 11.5. The van der Waals surface area contributed by atoms with Gasteiger partial charge in [-0.15, -0.1) is 0 Å². The van der Waals surface area contributed by atoms with Crippen LogP contribution >= 0.6 is 0 Å². The number of amides is 2. The van der Waals surface area contributed by atoms with Crippen LogP contribution in [0.4, 0.5) is 14.9 Å². The Labute approximate surface area is 113 Å². The number of carbonyl (C=O) groups excluding carboxylic acids is 1. The minimum absolute atomic E-state index is 0.242. The number of benzene rings is 1. The van der Waals surface area contributed by atoms with Gasteiger partial charge in [0, 0.05) is 11.7 Å². The molecule has 1 saturated carbocycles. The van der Waals surface area contributed by atoms with E-state index >= 15 is 0 Å². The lowest BCUT2D eigenvalue weighted by Gasteiger charge is -2.26. The average molecular weight is 264 g/mol. The topological polar surface area (TPSA) is 41.1 Å². The van der Waals surface area contributed by atoms with E-state index in [1.54, 1.807) is 19.1 Å². The Morgan fingerprint density at radius 3 is 2.58 bits per heavy atom. The van der Waals surface area contributed by atoms with E-state index in [2.05, 4.69) is 17.6 Å². The molecule has 0 aromatic heterocycles. The third-order valence-corrected chi connectivity index (χ3v) is 3.78. The molecule has 1 aliphatic carbocycles. The van der Waals surface area contributed by atoms with Crippen molar-refractivity contribution in [2.45, 2.75) is 45.6 Å². The molecule has 0 bridgehead atoms. The third-order valence-electron chi connectivity index (χ3n) is 3.78. The molecule has 1 aromatic rings. The van der Waals surface area contributed by atoms with E-state index in [9.17, 15) is 9.18 Å². The molecule has 0 aliphatic heterocycles. The van der Waals surface area contributed by atoms with Gasteiger partial charge in [0.1, 0.15) is 5.82 Å². The molecule has 0 radical (unpaired) electrons. The fraction of sp³-hybridized carbons (Fsp3) is 0.533. The maximum Gasteiger partial charge on any atom is 0.319 e. The van der Waals surface area contributed by atoms with Crippen molar-refractivity contribution < 1.29 is 9.18 Å². The van der Waals surface area contributed by atoms with Crippen molar-refractivity contribution in [3.8, 4) is 0 Å². The second-order valence-electron chi connectivity index (χ2n) is 5.52. The molecule has 3 nitrogen and oxygen atoms in total. The van der Waals surface area contributed by atoms with Gasteiger partial charge in [0.15, 0.2) is 0 Å². The van der Waals surface area contributed by atoms with E-state index in [1.165, 1.54) is 6.07 Å². The molecule has 4 heteroatoms.